The minimum Gasteiger partial charge on any atom is -0.294 e. The molecule has 0 aliphatic carbocycles. The smallest absolute Gasteiger partial charge is 0.277 e. The zero-order valence-corrected chi connectivity index (χ0v) is 20.9. The number of aromatic nitrogens is 2. The number of hydrogen-bond acceptors (Lipinski definition) is 5. The van der Waals surface area contributed by atoms with E-state index in [0.29, 0.717) is 16.7 Å². The highest BCUT2D eigenvalue weighted by atomic mass is 19.1. The Morgan fingerprint density at radius 3 is 1.71 bits per heavy atom. The predicted octanol–water partition coefficient (Wildman–Crippen LogP) is 5.77. The van der Waals surface area contributed by atoms with E-state index in [4.69, 9.17) is 0 Å². The number of hydroxylamine groups is 2. The number of rotatable bonds is 5. The van der Waals surface area contributed by atoms with Gasteiger partial charge in [-0.1, -0.05) is 0 Å². The molecule has 0 radical (unpaired) electrons. The van der Waals surface area contributed by atoms with Crippen molar-refractivity contribution >= 4 is 11.7 Å². The van der Waals surface area contributed by atoms with Gasteiger partial charge in [0.1, 0.15) is 11.6 Å². The summed E-state index contributed by atoms with van der Waals surface area (Å²) in [6, 6.07) is 16.5. The first-order valence-electron chi connectivity index (χ1n) is 11.1. The molecule has 0 atom stereocenters. The van der Waals surface area contributed by atoms with E-state index in [1.165, 1.54) is 87.2 Å². The number of hydrogen-bond donors (Lipinski definition) is 0. The zero-order valence-electron chi connectivity index (χ0n) is 20.9. The molecule has 2 heterocycles. The maximum absolute atomic E-state index is 12.8. The second-order valence-electron chi connectivity index (χ2n) is 7.74. The topological polar surface area (TPSA) is 72.4 Å². The quantitative estimate of drug-likeness (QED) is 0.143. The molecule has 10 heteroatoms. The molecule has 1 amide bonds. The van der Waals surface area contributed by atoms with Crippen molar-refractivity contribution < 1.29 is 32.0 Å². The number of pyridine rings is 2. The molecule has 0 aliphatic heterocycles. The van der Waals surface area contributed by atoms with Crippen LogP contribution in [-0.2, 0) is 11.3 Å². The van der Waals surface area contributed by atoms with Gasteiger partial charge in [-0.25, -0.2) is 23.8 Å². The number of amides is 1. The SMILES string of the molecule is CON(C)C(=O)c1ccc(F)cc1.Cc1ccnc(F)c1.O=C(Cc1ccnc(F)c1)c1ccc(F)cc1. The van der Waals surface area contributed by atoms with E-state index in [2.05, 4.69) is 14.8 Å². The Morgan fingerprint density at radius 1 is 0.763 bits per heavy atom. The number of aryl methyl sites for hydroxylation is 1. The highest BCUT2D eigenvalue weighted by Gasteiger charge is 2.10. The molecule has 2 aromatic carbocycles. The first-order chi connectivity index (χ1) is 18.1. The van der Waals surface area contributed by atoms with Gasteiger partial charge >= 0.3 is 0 Å². The second kappa shape index (κ2) is 15.0. The highest BCUT2D eigenvalue weighted by molar-refractivity contribution is 5.97. The number of halogens is 4. The molecule has 0 spiro atoms. The van der Waals surface area contributed by atoms with Crippen LogP contribution in [0.2, 0.25) is 0 Å². The molecule has 198 valence electrons. The van der Waals surface area contributed by atoms with E-state index < -0.39 is 17.7 Å². The summed E-state index contributed by atoms with van der Waals surface area (Å²) in [7, 11) is 2.88. The summed E-state index contributed by atoms with van der Waals surface area (Å²) < 4.78 is 50.0. The molecule has 0 aliphatic rings. The lowest BCUT2D eigenvalue weighted by molar-refractivity contribution is -0.0757. The molecule has 0 fully saturated rings. The summed E-state index contributed by atoms with van der Waals surface area (Å²) >= 11 is 0. The van der Waals surface area contributed by atoms with Crippen LogP contribution in [-0.4, -0.2) is 40.9 Å². The molecule has 2 aromatic heterocycles. The molecule has 0 bridgehead atoms. The zero-order chi connectivity index (χ0) is 28.1. The lowest BCUT2D eigenvalue weighted by Crippen LogP contribution is -2.25. The van der Waals surface area contributed by atoms with E-state index in [9.17, 15) is 27.2 Å². The third-order valence-corrected chi connectivity index (χ3v) is 4.85. The van der Waals surface area contributed by atoms with Crippen LogP contribution in [0, 0.1) is 30.5 Å². The van der Waals surface area contributed by atoms with E-state index in [0.717, 1.165) is 10.6 Å². The Hall–Kier alpha value is -4.44. The fourth-order valence-electron chi connectivity index (χ4n) is 2.83. The van der Waals surface area contributed by atoms with E-state index in [1.807, 2.05) is 6.92 Å². The number of benzene rings is 2. The van der Waals surface area contributed by atoms with Crippen LogP contribution in [0.1, 0.15) is 31.8 Å². The average molecular weight is 528 g/mol. The normalized spacial score (nSPS) is 9.87. The summed E-state index contributed by atoms with van der Waals surface area (Å²) in [5.41, 5.74) is 2.25. The number of Topliss-reactive ketones (excluding diaryl/α,β-unsaturated/α-hetero) is 1. The molecule has 0 saturated heterocycles. The molecule has 4 aromatic rings. The Labute approximate surface area is 217 Å². The van der Waals surface area contributed by atoms with Gasteiger partial charge in [0.15, 0.2) is 5.78 Å². The van der Waals surface area contributed by atoms with Crippen molar-refractivity contribution in [3.05, 3.63) is 131 Å². The second-order valence-corrected chi connectivity index (χ2v) is 7.74. The molecule has 0 unspecified atom stereocenters. The van der Waals surface area contributed by atoms with Crippen molar-refractivity contribution in [3.63, 3.8) is 0 Å². The van der Waals surface area contributed by atoms with Crippen molar-refractivity contribution in [2.45, 2.75) is 13.3 Å². The van der Waals surface area contributed by atoms with Crippen molar-refractivity contribution in [1.29, 1.82) is 0 Å². The largest absolute Gasteiger partial charge is 0.294 e. The van der Waals surface area contributed by atoms with Gasteiger partial charge in [-0.15, -0.1) is 0 Å². The summed E-state index contributed by atoms with van der Waals surface area (Å²) in [6.07, 6.45) is 2.83. The van der Waals surface area contributed by atoms with Gasteiger partial charge in [-0.3, -0.25) is 14.4 Å². The van der Waals surface area contributed by atoms with Crippen molar-refractivity contribution in [2.24, 2.45) is 0 Å². The third-order valence-electron chi connectivity index (χ3n) is 4.85. The average Bonchev–Trinajstić information content (AvgIpc) is 2.89. The number of ketones is 1. The van der Waals surface area contributed by atoms with Crippen molar-refractivity contribution in [3.8, 4) is 0 Å². The summed E-state index contributed by atoms with van der Waals surface area (Å²) in [5, 5.41) is 1.08. The minimum absolute atomic E-state index is 0.0745. The minimum atomic E-state index is -0.616. The van der Waals surface area contributed by atoms with Gasteiger partial charge in [0, 0.05) is 37.0 Å². The Morgan fingerprint density at radius 2 is 1.26 bits per heavy atom. The van der Waals surface area contributed by atoms with Crippen LogP contribution in [0.25, 0.3) is 0 Å². The Balaban J connectivity index is 0.000000214. The van der Waals surface area contributed by atoms with Crippen LogP contribution >= 0.6 is 0 Å². The molecular formula is C28H25F4N3O3. The first kappa shape index (κ1) is 29.8. The fourth-order valence-corrected chi connectivity index (χ4v) is 2.83. The maximum Gasteiger partial charge on any atom is 0.277 e. The first-order valence-corrected chi connectivity index (χ1v) is 11.1. The number of nitrogens with zero attached hydrogens (tertiary/aromatic N) is 3. The van der Waals surface area contributed by atoms with Gasteiger partial charge in [-0.2, -0.15) is 8.78 Å². The van der Waals surface area contributed by atoms with Gasteiger partial charge in [0.05, 0.1) is 7.11 Å². The lowest BCUT2D eigenvalue weighted by atomic mass is 10.0. The fraction of sp³-hybridized carbons (Fsp3) is 0.143. The number of carbonyl (C=O) groups is 2. The van der Waals surface area contributed by atoms with Crippen LogP contribution in [0.4, 0.5) is 17.6 Å². The van der Waals surface area contributed by atoms with E-state index >= 15 is 0 Å². The molecule has 6 nitrogen and oxygen atoms in total. The predicted molar refractivity (Wildman–Crippen MR) is 133 cm³/mol. The maximum atomic E-state index is 12.8. The van der Waals surface area contributed by atoms with Gasteiger partial charge in [0.2, 0.25) is 11.9 Å². The number of carbonyl (C=O) groups excluding carboxylic acids is 2. The van der Waals surface area contributed by atoms with Gasteiger partial charge in [-0.05, 0) is 90.8 Å². The van der Waals surface area contributed by atoms with Crippen LogP contribution < -0.4 is 0 Å². The third kappa shape index (κ3) is 10.3. The van der Waals surface area contributed by atoms with Crippen LogP contribution in [0.3, 0.4) is 0 Å². The Kier molecular flexibility index (Phi) is 11.7. The molecule has 38 heavy (non-hydrogen) atoms. The van der Waals surface area contributed by atoms with E-state index in [-0.39, 0.29) is 23.9 Å². The molecule has 4 rings (SSSR count). The van der Waals surface area contributed by atoms with Crippen molar-refractivity contribution in [1.82, 2.24) is 15.0 Å². The van der Waals surface area contributed by atoms with Crippen LogP contribution in [0.5, 0.6) is 0 Å². The molecule has 0 saturated carbocycles. The Bertz CT molecular complexity index is 1320. The summed E-state index contributed by atoms with van der Waals surface area (Å²) in [5.74, 6) is -2.27. The van der Waals surface area contributed by atoms with Crippen LogP contribution in [0.15, 0.2) is 85.2 Å². The van der Waals surface area contributed by atoms with E-state index in [1.54, 1.807) is 12.1 Å². The summed E-state index contributed by atoms with van der Waals surface area (Å²) in [6.45, 7) is 1.82. The van der Waals surface area contributed by atoms with Gasteiger partial charge in [0.25, 0.3) is 5.91 Å². The van der Waals surface area contributed by atoms with Gasteiger partial charge < -0.3 is 0 Å². The lowest BCUT2D eigenvalue weighted by Gasteiger charge is -2.12. The highest BCUT2D eigenvalue weighted by Crippen LogP contribution is 2.09. The molecule has 0 N–H and O–H groups in total. The summed E-state index contributed by atoms with van der Waals surface area (Å²) in [4.78, 5) is 34.6. The monoisotopic (exact) mass is 527 g/mol. The van der Waals surface area contributed by atoms with Crippen molar-refractivity contribution in [2.75, 3.05) is 14.2 Å². The molecular weight excluding hydrogens is 502 g/mol. The standard InChI is InChI=1S/C13H9F2NO.C9H10FNO2.C6H6FN/c14-11-3-1-10(2-4-11)12(17)7-9-5-6-16-13(15)8-9;1-11(13-2)9(12)7-3-5-8(10)6-4-7;1-5-2-3-8-6(7)4-5/h1-6,8H,7H2;3-6H,1-2H3;2-4H,1H3.